The Balaban J connectivity index is 0.00000176. The van der Waals surface area contributed by atoms with Gasteiger partial charge in [0.2, 0.25) is 5.76 Å². The molecule has 0 spiro atoms. The van der Waals surface area contributed by atoms with Gasteiger partial charge in [0.25, 0.3) is 0 Å². The third-order valence-corrected chi connectivity index (χ3v) is 6.90. The fourth-order valence-electron chi connectivity index (χ4n) is 4.74. The number of nitrogens with two attached hydrogens (primary N) is 2. The van der Waals surface area contributed by atoms with Crippen molar-refractivity contribution >= 4 is 17.8 Å². The van der Waals surface area contributed by atoms with E-state index in [0.717, 1.165) is 39.1 Å². The highest BCUT2D eigenvalue weighted by Crippen LogP contribution is 2.22. The van der Waals surface area contributed by atoms with Gasteiger partial charge in [-0.05, 0) is 32.1 Å². The maximum atomic E-state index is 13.2. The lowest BCUT2D eigenvalue weighted by molar-refractivity contribution is 0.0296. The zero-order valence-electron chi connectivity index (χ0n) is 22.0. The summed E-state index contributed by atoms with van der Waals surface area (Å²) in [5.74, 6) is 0.0720. The Kier molecular flexibility index (Phi) is 9.89. The molecule has 4 N–H and O–H groups in total. The Labute approximate surface area is 213 Å². The molecule has 200 valence electrons. The van der Waals surface area contributed by atoms with Crippen LogP contribution in [0.25, 0.3) is 0 Å². The fourth-order valence-corrected chi connectivity index (χ4v) is 4.74. The Morgan fingerprint density at radius 1 is 1.17 bits per heavy atom. The topological polar surface area (TPSA) is 144 Å². The van der Waals surface area contributed by atoms with Crippen LogP contribution in [0.1, 0.15) is 56.8 Å². The molecule has 1 unspecified atom stereocenters. The van der Waals surface area contributed by atoms with E-state index in [1.165, 1.54) is 0 Å². The summed E-state index contributed by atoms with van der Waals surface area (Å²) in [4.78, 5) is 35.5. The minimum Gasteiger partial charge on any atom is -0.400 e. The lowest BCUT2D eigenvalue weighted by Gasteiger charge is -2.42. The van der Waals surface area contributed by atoms with E-state index in [9.17, 15) is 9.59 Å². The molecule has 2 fully saturated rings. The first-order valence-corrected chi connectivity index (χ1v) is 13.0. The first kappa shape index (κ1) is 27.7. The van der Waals surface area contributed by atoms with Gasteiger partial charge in [-0.1, -0.05) is 25.9 Å². The van der Waals surface area contributed by atoms with Crippen molar-refractivity contribution in [2.45, 2.75) is 53.0 Å². The van der Waals surface area contributed by atoms with Gasteiger partial charge in [0.05, 0.1) is 18.8 Å². The minimum atomic E-state index is -0.621. The molecule has 2 saturated heterocycles. The lowest BCUT2D eigenvalue weighted by atomic mass is 9.98. The van der Waals surface area contributed by atoms with Crippen LogP contribution in [0.3, 0.4) is 0 Å². The molecule has 4 heterocycles. The highest BCUT2D eigenvalue weighted by atomic mass is 16.5. The first-order valence-electron chi connectivity index (χ1n) is 13.0. The Morgan fingerprint density at radius 3 is 2.53 bits per heavy atom. The summed E-state index contributed by atoms with van der Waals surface area (Å²) >= 11 is 0. The van der Waals surface area contributed by atoms with Gasteiger partial charge in [-0.2, -0.15) is 4.99 Å². The quantitative estimate of drug-likeness (QED) is 0.458. The second kappa shape index (κ2) is 12.9. The van der Waals surface area contributed by atoms with Crippen LogP contribution in [-0.4, -0.2) is 96.2 Å². The lowest BCUT2D eigenvalue weighted by Crippen LogP contribution is -2.57. The molecule has 36 heavy (non-hydrogen) atoms. The number of piperazine rings is 1. The van der Waals surface area contributed by atoms with Crippen LogP contribution >= 0.6 is 0 Å². The highest BCUT2D eigenvalue weighted by Gasteiger charge is 2.34. The van der Waals surface area contributed by atoms with Crippen molar-refractivity contribution in [3.8, 4) is 0 Å². The number of aryl methyl sites for hydroxylation is 1. The van der Waals surface area contributed by atoms with E-state index in [2.05, 4.69) is 22.0 Å². The number of urea groups is 1. The monoisotopic (exact) mass is 503 g/mol. The number of rotatable bonds is 5. The fraction of sp³-hybridized carbons (Fsp3) is 0.680. The Hall–Kier alpha value is -2.92. The average Bonchev–Trinajstić information content (AvgIpc) is 3.53. The molecule has 1 atom stereocenters. The summed E-state index contributed by atoms with van der Waals surface area (Å²) in [6.45, 7) is 13.5. The van der Waals surface area contributed by atoms with Crippen molar-refractivity contribution in [2.75, 3.05) is 52.5 Å². The predicted octanol–water partition coefficient (Wildman–Crippen LogP) is 1.84. The first-order chi connectivity index (χ1) is 17.4. The third-order valence-electron chi connectivity index (χ3n) is 6.90. The molecule has 3 aliphatic rings. The molecule has 11 heteroatoms. The van der Waals surface area contributed by atoms with Crippen LogP contribution in [0, 0.1) is 5.92 Å². The SMILES string of the molecule is CC.CCc1cc(C(=O)N=C(N)C2=C(N)CN(C(=O)N3CCN(CC4CCOCC4)C(C)C3)C2)on1. The number of hydrogen-bond acceptors (Lipinski definition) is 7. The molecule has 3 amide bonds. The average molecular weight is 504 g/mol. The molecule has 1 aromatic heterocycles. The summed E-state index contributed by atoms with van der Waals surface area (Å²) < 4.78 is 10.5. The molecular formula is C25H41N7O4. The van der Waals surface area contributed by atoms with Gasteiger partial charge in [-0.25, -0.2) is 4.79 Å². The molecule has 4 rings (SSSR count). The van der Waals surface area contributed by atoms with Crippen LogP contribution in [0.5, 0.6) is 0 Å². The van der Waals surface area contributed by atoms with E-state index in [0.29, 0.717) is 42.4 Å². The molecule has 0 aromatic carbocycles. The molecule has 3 aliphatic heterocycles. The van der Waals surface area contributed by atoms with Gasteiger partial charge in [0.15, 0.2) is 0 Å². The summed E-state index contributed by atoms with van der Waals surface area (Å²) in [7, 11) is 0. The van der Waals surface area contributed by atoms with Gasteiger partial charge in [-0.3, -0.25) is 9.69 Å². The molecule has 0 radical (unpaired) electrons. The maximum Gasteiger partial charge on any atom is 0.320 e. The van der Waals surface area contributed by atoms with Crippen molar-refractivity contribution in [1.29, 1.82) is 0 Å². The molecule has 0 bridgehead atoms. The van der Waals surface area contributed by atoms with Gasteiger partial charge >= 0.3 is 11.9 Å². The van der Waals surface area contributed by atoms with Crippen molar-refractivity contribution in [2.24, 2.45) is 22.4 Å². The molecule has 0 aliphatic carbocycles. The van der Waals surface area contributed by atoms with E-state index >= 15 is 0 Å². The van der Waals surface area contributed by atoms with E-state index < -0.39 is 5.91 Å². The van der Waals surface area contributed by atoms with Crippen LogP contribution in [0.4, 0.5) is 4.79 Å². The molecular weight excluding hydrogens is 462 g/mol. The predicted molar refractivity (Wildman–Crippen MR) is 138 cm³/mol. The number of aromatic nitrogens is 1. The largest absolute Gasteiger partial charge is 0.400 e. The Bertz CT molecular complexity index is 967. The second-order valence-corrected chi connectivity index (χ2v) is 9.33. The summed E-state index contributed by atoms with van der Waals surface area (Å²) in [6.07, 6.45) is 2.86. The third kappa shape index (κ3) is 6.64. The van der Waals surface area contributed by atoms with E-state index in [1.807, 2.05) is 25.7 Å². The number of carbonyl (C=O) groups is 2. The number of hydrogen-bond donors (Lipinski definition) is 2. The van der Waals surface area contributed by atoms with Crippen LogP contribution < -0.4 is 11.5 Å². The maximum absolute atomic E-state index is 13.2. The summed E-state index contributed by atoms with van der Waals surface area (Å²) in [5.41, 5.74) is 13.9. The van der Waals surface area contributed by atoms with Crippen molar-refractivity contribution < 1.29 is 18.8 Å². The van der Waals surface area contributed by atoms with Gasteiger partial charge in [-0.15, -0.1) is 0 Å². The number of carbonyl (C=O) groups excluding carboxylic acids is 2. The number of amidine groups is 1. The standard InChI is InChI=1S/C23H35N7O4.C2H6/c1-3-17-10-20(34-27-17)22(31)26-21(25)18-13-30(14-19(18)24)23(32)29-7-6-28(15(2)11-29)12-16-4-8-33-9-5-16;1-2/h10,15-16H,3-9,11-14,24H2,1-2H3,(H2,25,26,31);1-2H3. The number of aliphatic imine (C=N–C) groups is 1. The second-order valence-electron chi connectivity index (χ2n) is 9.33. The van der Waals surface area contributed by atoms with E-state index in [4.69, 9.17) is 20.7 Å². The van der Waals surface area contributed by atoms with E-state index in [1.54, 1.807) is 11.0 Å². The highest BCUT2D eigenvalue weighted by molar-refractivity contribution is 6.08. The van der Waals surface area contributed by atoms with Gasteiger partial charge in [0, 0.05) is 62.8 Å². The molecule has 11 nitrogen and oxygen atoms in total. The molecule has 1 aromatic rings. The number of ether oxygens (including phenoxy) is 1. The summed E-state index contributed by atoms with van der Waals surface area (Å²) in [5, 5.41) is 3.80. The van der Waals surface area contributed by atoms with Crippen LogP contribution in [0.2, 0.25) is 0 Å². The van der Waals surface area contributed by atoms with Crippen molar-refractivity contribution in [1.82, 2.24) is 19.9 Å². The van der Waals surface area contributed by atoms with Gasteiger partial charge in [0.1, 0.15) is 5.84 Å². The number of amides is 3. The summed E-state index contributed by atoms with van der Waals surface area (Å²) in [6, 6.07) is 1.76. The zero-order valence-corrected chi connectivity index (χ0v) is 22.0. The Morgan fingerprint density at radius 2 is 1.89 bits per heavy atom. The van der Waals surface area contributed by atoms with Crippen molar-refractivity contribution in [3.05, 3.63) is 28.8 Å². The zero-order chi connectivity index (χ0) is 26.2. The van der Waals surface area contributed by atoms with E-state index in [-0.39, 0.29) is 36.8 Å². The smallest absolute Gasteiger partial charge is 0.320 e. The molecule has 0 saturated carbocycles. The van der Waals surface area contributed by atoms with Crippen molar-refractivity contribution in [3.63, 3.8) is 0 Å². The van der Waals surface area contributed by atoms with Gasteiger partial charge < -0.3 is 30.5 Å². The van der Waals surface area contributed by atoms with Crippen LogP contribution in [-0.2, 0) is 11.2 Å². The normalized spacial score (nSPS) is 22.0. The number of nitrogens with zero attached hydrogens (tertiary/aromatic N) is 5. The minimum absolute atomic E-state index is 0.00176. The van der Waals surface area contributed by atoms with Crippen LogP contribution in [0.15, 0.2) is 26.9 Å².